The molecular formula is C13H17FO. The lowest BCUT2D eigenvalue weighted by Crippen LogP contribution is -2.31. The minimum atomic E-state index is -0.476. The summed E-state index contributed by atoms with van der Waals surface area (Å²) in [5.41, 5.74) is 0.788. The smallest absolute Gasteiger partial charge is 0.118 e. The molecule has 82 valence electrons. The molecule has 1 saturated heterocycles. The molecule has 0 saturated carbocycles. The van der Waals surface area contributed by atoms with Gasteiger partial charge in [0.05, 0.1) is 5.60 Å². The molecule has 0 amide bonds. The van der Waals surface area contributed by atoms with Gasteiger partial charge >= 0.3 is 0 Å². The van der Waals surface area contributed by atoms with Crippen molar-refractivity contribution in [3.05, 3.63) is 35.9 Å². The molecule has 1 aliphatic rings. The maximum atomic E-state index is 12.9. The predicted octanol–water partition coefficient (Wildman–Crippen LogP) is 3.14. The van der Waals surface area contributed by atoms with Gasteiger partial charge in [-0.25, -0.2) is 4.39 Å². The van der Waals surface area contributed by atoms with Gasteiger partial charge in [0.15, 0.2) is 0 Å². The van der Waals surface area contributed by atoms with Crippen molar-refractivity contribution in [3.63, 3.8) is 0 Å². The fourth-order valence-corrected chi connectivity index (χ4v) is 2.14. The molecule has 2 rings (SSSR count). The van der Waals surface area contributed by atoms with E-state index >= 15 is 0 Å². The minimum Gasteiger partial charge on any atom is -0.372 e. The van der Waals surface area contributed by atoms with Crippen LogP contribution in [-0.4, -0.2) is 18.9 Å². The van der Waals surface area contributed by atoms with E-state index < -0.39 is 5.60 Å². The molecule has 0 N–H and O–H groups in total. The highest BCUT2D eigenvalue weighted by Gasteiger charge is 2.34. The van der Waals surface area contributed by atoms with Crippen LogP contribution in [0.25, 0.3) is 0 Å². The molecule has 1 fully saturated rings. The lowest BCUT2D eigenvalue weighted by atomic mass is 9.93. The van der Waals surface area contributed by atoms with Crippen LogP contribution in [0.5, 0.6) is 0 Å². The Morgan fingerprint density at radius 2 is 2.07 bits per heavy atom. The summed E-state index contributed by atoms with van der Waals surface area (Å²) in [7, 11) is 0. The maximum absolute atomic E-state index is 12.9. The van der Waals surface area contributed by atoms with Crippen LogP contribution >= 0.6 is 0 Å². The first-order valence-corrected chi connectivity index (χ1v) is 5.58. The Kier molecular flexibility index (Phi) is 3.37. The van der Waals surface area contributed by atoms with Gasteiger partial charge in [0.1, 0.15) is 6.67 Å². The summed E-state index contributed by atoms with van der Waals surface area (Å²) in [6.45, 7) is 0.374. The maximum Gasteiger partial charge on any atom is 0.118 e. The first kappa shape index (κ1) is 10.6. The van der Waals surface area contributed by atoms with Crippen LogP contribution in [0.4, 0.5) is 4.39 Å². The Morgan fingerprint density at radius 3 is 2.67 bits per heavy atom. The van der Waals surface area contributed by atoms with Crippen molar-refractivity contribution in [1.82, 2.24) is 0 Å². The third kappa shape index (κ3) is 2.57. The molecule has 0 aromatic heterocycles. The molecule has 1 aromatic rings. The van der Waals surface area contributed by atoms with E-state index in [4.69, 9.17) is 4.74 Å². The van der Waals surface area contributed by atoms with Crippen molar-refractivity contribution >= 4 is 0 Å². The Morgan fingerprint density at radius 1 is 1.27 bits per heavy atom. The van der Waals surface area contributed by atoms with E-state index in [9.17, 15) is 4.39 Å². The first-order chi connectivity index (χ1) is 7.35. The highest BCUT2D eigenvalue weighted by Crippen LogP contribution is 2.30. The van der Waals surface area contributed by atoms with Crippen molar-refractivity contribution in [2.75, 3.05) is 13.3 Å². The minimum absolute atomic E-state index is 0.347. The molecule has 0 bridgehead atoms. The highest BCUT2D eigenvalue weighted by molar-refractivity contribution is 5.15. The SMILES string of the molecule is FCC1(CCc2ccccc2)CCCO1. The molecule has 0 spiro atoms. The zero-order valence-corrected chi connectivity index (χ0v) is 8.92. The second-order valence-electron chi connectivity index (χ2n) is 4.25. The van der Waals surface area contributed by atoms with E-state index in [-0.39, 0.29) is 6.67 Å². The van der Waals surface area contributed by atoms with E-state index in [1.807, 2.05) is 18.2 Å². The van der Waals surface area contributed by atoms with Gasteiger partial charge in [-0.05, 0) is 31.2 Å². The third-order valence-corrected chi connectivity index (χ3v) is 3.14. The summed E-state index contributed by atoms with van der Waals surface area (Å²) in [6, 6.07) is 10.2. The number of halogens is 1. The number of hydrogen-bond acceptors (Lipinski definition) is 1. The zero-order valence-electron chi connectivity index (χ0n) is 8.92. The molecular weight excluding hydrogens is 191 g/mol. The summed E-state index contributed by atoms with van der Waals surface area (Å²) in [6.07, 6.45) is 3.58. The number of benzene rings is 1. The fourth-order valence-electron chi connectivity index (χ4n) is 2.14. The van der Waals surface area contributed by atoms with Crippen molar-refractivity contribution in [1.29, 1.82) is 0 Å². The van der Waals surface area contributed by atoms with Gasteiger partial charge in [-0.3, -0.25) is 0 Å². The summed E-state index contributed by atoms with van der Waals surface area (Å²) in [5, 5.41) is 0. The van der Waals surface area contributed by atoms with Gasteiger partial charge < -0.3 is 4.74 Å². The Labute approximate surface area is 90.3 Å². The lowest BCUT2D eigenvalue weighted by molar-refractivity contribution is -0.0209. The number of aryl methyl sites for hydroxylation is 1. The molecule has 0 aliphatic carbocycles. The molecule has 1 aromatic carbocycles. The third-order valence-electron chi connectivity index (χ3n) is 3.14. The van der Waals surface area contributed by atoms with Crippen LogP contribution in [0.1, 0.15) is 24.8 Å². The molecule has 15 heavy (non-hydrogen) atoms. The first-order valence-electron chi connectivity index (χ1n) is 5.58. The normalized spacial score (nSPS) is 25.7. The van der Waals surface area contributed by atoms with E-state index in [1.54, 1.807) is 0 Å². The van der Waals surface area contributed by atoms with Crippen LogP contribution in [0.3, 0.4) is 0 Å². The summed E-state index contributed by atoms with van der Waals surface area (Å²) >= 11 is 0. The number of alkyl halides is 1. The van der Waals surface area contributed by atoms with Gasteiger partial charge in [-0.15, -0.1) is 0 Å². The zero-order chi connectivity index (χ0) is 10.6. The molecule has 1 aliphatic heterocycles. The van der Waals surface area contributed by atoms with Crippen LogP contribution in [-0.2, 0) is 11.2 Å². The standard InChI is InChI=1S/C13H17FO/c14-11-13(8-4-10-15-13)9-7-12-5-2-1-3-6-12/h1-3,5-6H,4,7-11H2. The lowest BCUT2D eigenvalue weighted by Gasteiger charge is -2.24. The predicted molar refractivity (Wildman–Crippen MR) is 58.7 cm³/mol. The van der Waals surface area contributed by atoms with Crippen molar-refractivity contribution in [2.24, 2.45) is 0 Å². The molecule has 1 atom stereocenters. The van der Waals surface area contributed by atoms with E-state index in [0.717, 1.165) is 32.3 Å². The second-order valence-corrected chi connectivity index (χ2v) is 4.25. The van der Waals surface area contributed by atoms with Crippen LogP contribution in [0.2, 0.25) is 0 Å². The van der Waals surface area contributed by atoms with Crippen molar-refractivity contribution in [3.8, 4) is 0 Å². The van der Waals surface area contributed by atoms with Crippen molar-refractivity contribution in [2.45, 2.75) is 31.3 Å². The summed E-state index contributed by atoms with van der Waals surface area (Å²) in [5.74, 6) is 0. The van der Waals surface area contributed by atoms with Crippen LogP contribution in [0.15, 0.2) is 30.3 Å². The van der Waals surface area contributed by atoms with Gasteiger partial charge in [-0.2, -0.15) is 0 Å². The van der Waals surface area contributed by atoms with E-state index in [2.05, 4.69) is 12.1 Å². The highest BCUT2D eigenvalue weighted by atomic mass is 19.1. The van der Waals surface area contributed by atoms with E-state index in [0.29, 0.717) is 0 Å². The van der Waals surface area contributed by atoms with E-state index in [1.165, 1.54) is 5.56 Å². The average Bonchev–Trinajstić information content (AvgIpc) is 2.77. The van der Waals surface area contributed by atoms with Crippen LogP contribution in [0, 0.1) is 0 Å². The van der Waals surface area contributed by atoms with Gasteiger partial charge in [0.2, 0.25) is 0 Å². The molecule has 1 heterocycles. The molecule has 1 nitrogen and oxygen atoms in total. The summed E-state index contributed by atoms with van der Waals surface area (Å²) < 4.78 is 18.5. The number of hydrogen-bond donors (Lipinski definition) is 0. The van der Waals surface area contributed by atoms with Gasteiger partial charge in [0.25, 0.3) is 0 Å². The average molecular weight is 208 g/mol. The van der Waals surface area contributed by atoms with Gasteiger partial charge in [0, 0.05) is 6.61 Å². The Balaban J connectivity index is 1.92. The van der Waals surface area contributed by atoms with Crippen molar-refractivity contribution < 1.29 is 9.13 Å². The second kappa shape index (κ2) is 4.75. The Bertz CT molecular complexity index is 291. The van der Waals surface area contributed by atoms with Crippen LogP contribution < -0.4 is 0 Å². The van der Waals surface area contributed by atoms with Gasteiger partial charge in [-0.1, -0.05) is 30.3 Å². The topological polar surface area (TPSA) is 9.23 Å². The number of ether oxygens (including phenoxy) is 1. The quantitative estimate of drug-likeness (QED) is 0.738. The fraction of sp³-hybridized carbons (Fsp3) is 0.538. The monoisotopic (exact) mass is 208 g/mol. The summed E-state index contributed by atoms with van der Waals surface area (Å²) in [4.78, 5) is 0. The molecule has 2 heteroatoms. The molecule has 1 unspecified atom stereocenters. The Hall–Kier alpha value is -0.890. The molecule has 0 radical (unpaired) electrons. The largest absolute Gasteiger partial charge is 0.372 e. The number of rotatable bonds is 4.